The second-order valence-electron chi connectivity index (χ2n) is 8.41. The molecule has 3 aromatic carbocycles. The average Bonchev–Trinajstić information content (AvgIpc) is 2.89. The lowest BCUT2D eigenvalue weighted by Gasteiger charge is -2.12. The number of halogens is 2. The van der Waals surface area contributed by atoms with Crippen molar-refractivity contribution in [3.63, 3.8) is 0 Å². The zero-order valence-corrected chi connectivity index (χ0v) is 20.5. The van der Waals surface area contributed by atoms with Crippen LogP contribution in [0.5, 0.6) is 23.0 Å². The minimum absolute atomic E-state index is 0.0605. The zero-order valence-electron chi connectivity index (χ0n) is 20.5. The van der Waals surface area contributed by atoms with E-state index >= 15 is 0 Å². The molecular formula is C28H25F2N3O5. The summed E-state index contributed by atoms with van der Waals surface area (Å²) >= 11 is 0. The number of benzene rings is 3. The Morgan fingerprint density at radius 1 is 0.842 bits per heavy atom. The number of hydrogen-bond donors (Lipinski definition) is 3. The molecule has 0 fully saturated rings. The Morgan fingerprint density at radius 2 is 1.50 bits per heavy atom. The van der Waals surface area contributed by atoms with Gasteiger partial charge in [-0.3, -0.25) is 14.6 Å². The SMILES string of the molecule is COc1cc2c(Oc3ccc(NC(=O)CCCCC(=O)Nc4ccc(F)cc4)cc3F)ccnc2cc1O. The number of aromatic hydroxyl groups is 1. The van der Waals surface area contributed by atoms with Crippen LogP contribution in [0.15, 0.2) is 66.9 Å². The number of phenolic OH excluding ortho intramolecular Hbond substituents is 1. The Bertz CT molecular complexity index is 1460. The van der Waals surface area contributed by atoms with E-state index in [2.05, 4.69) is 15.6 Å². The predicted molar refractivity (Wildman–Crippen MR) is 139 cm³/mol. The fourth-order valence-corrected chi connectivity index (χ4v) is 3.72. The largest absolute Gasteiger partial charge is 0.504 e. The topological polar surface area (TPSA) is 110 Å². The Morgan fingerprint density at radius 3 is 2.16 bits per heavy atom. The van der Waals surface area contributed by atoms with E-state index in [1.807, 2.05) is 0 Å². The van der Waals surface area contributed by atoms with E-state index in [0.29, 0.717) is 35.2 Å². The molecule has 1 heterocycles. The van der Waals surface area contributed by atoms with Gasteiger partial charge in [0.2, 0.25) is 11.8 Å². The van der Waals surface area contributed by atoms with Crippen molar-refractivity contribution in [3.05, 3.63) is 78.5 Å². The summed E-state index contributed by atoms with van der Waals surface area (Å²) in [6, 6.07) is 14.1. The maximum atomic E-state index is 14.8. The fourth-order valence-electron chi connectivity index (χ4n) is 3.72. The number of anilines is 2. The highest BCUT2D eigenvalue weighted by Gasteiger charge is 2.13. The van der Waals surface area contributed by atoms with Gasteiger partial charge in [-0.25, -0.2) is 8.78 Å². The van der Waals surface area contributed by atoms with Crippen LogP contribution in [0.4, 0.5) is 20.2 Å². The van der Waals surface area contributed by atoms with Gasteiger partial charge in [-0.05, 0) is 61.4 Å². The smallest absolute Gasteiger partial charge is 0.224 e. The summed E-state index contributed by atoms with van der Waals surface area (Å²) < 4.78 is 38.6. The molecule has 0 unspecified atom stereocenters. The average molecular weight is 522 g/mol. The van der Waals surface area contributed by atoms with Gasteiger partial charge in [0.25, 0.3) is 0 Å². The quantitative estimate of drug-likeness (QED) is 0.216. The first kappa shape index (κ1) is 26.3. The fraction of sp³-hybridized carbons (Fsp3) is 0.179. The number of nitrogens with one attached hydrogen (secondary N) is 2. The second kappa shape index (κ2) is 12.0. The van der Waals surface area contributed by atoms with E-state index in [1.54, 1.807) is 12.1 Å². The minimum Gasteiger partial charge on any atom is -0.504 e. The number of unbranched alkanes of at least 4 members (excludes halogenated alkanes) is 1. The first-order valence-electron chi connectivity index (χ1n) is 11.8. The molecule has 0 spiro atoms. The Hall–Kier alpha value is -4.73. The number of phenols is 1. The highest BCUT2D eigenvalue weighted by atomic mass is 19.1. The van der Waals surface area contributed by atoms with Crippen molar-refractivity contribution in [3.8, 4) is 23.0 Å². The number of fused-ring (bicyclic) bond motifs is 1. The number of amides is 2. The van der Waals surface area contributed by atoms with Crippen LogP contribution in [-0.4, -0.2) is 29.0 Å². The molecule has 1 aromatic heterocycles. The molecule has 3 N–H and O–H groups in total. The van der Waals surface area contributed by atoms with Crippen LogP contribution in [-0.2, 0) is 9.59 Å². The molecule has 0 atom stereocenters. The molecule has 4 aromatic rings. The maximum absolute atomic E-state index is 14.8. The summed E-state index contributed by atoms with van der Waals surface area (Å²) in [5.41, 5.74) is 1.21. The van der Waals surface area contributed by atoms with E-state index in [4.69, 9.17) is 9.47 Å². The maximum Gasteiger partial charge on any atom is 0.224 e. The van der Waals surface area contributed by atoms with Crippen LogP contribution in [0, 0.1) is 11.6 Å². The molecule has 0 bridgehead atoms. The number of aromatic nitrogens is 1. The molecular weight excluding hydrogens is 496 g/mol. The molecule has 38 heavy (non-hydrogen) atoms. The summed E-state index contributed by atoms with van der Waals surface area (Å²) in [5.74, 6) is -1.22. The van der Waals surface area contributed by atoms with Gasteiger partial charge >= 0.3 is 0 Å². The van der Waals surface area contributed by atoms with Crippen molar-refractivity contribution >= 4 is 34.1 Å². The van der Waals surface area contributed by atoms with E-state index in [-0.39, 0.29) is 53.4 Å². The van der Waals surface area contributed by atoms with Gasteiger partial charge in [0.1, 0.15) is 11.6 Å². The highest BCUT2D eigenvalue weighted by Crippen LogP contribution is 2.37. The van der Waals surface area contributed by atoms with Crippen molar-refractivity contribution in [2.75, 3.05) is 17.7 Å². The lowest BCUT2D eigenvalue weighted by Crippen LogP contribution is -2.13. The van der Waals surface area contributed by atoms with Crippen LogP contribution in [0.25, 0.3) is 10.9 Å². The first-order valence-corrected chi connectivity index (χ1v) is 11.8. The van der Waals surface area contributed by atoms with Gasteiger partial charge in [0.05, 0.1) is 12.6 Å². The van der Waals surface area contributed by atoms with E-state index in [0.717, 1.165) is 6.07 Å². The Kier molecular flexibility index (Phi) is 8.32. The molecule has 8 nitrogen and oxygen atoms in total. The van der Waals surface area contributed by atoms with Crippen LogP contribution >= 0.6 is 0 Å². The van der Waals surface area contributed by atoms with Gasteiger partial charge in [-0.1, -0.05) is 0 Å². The summed E-state index contributed by atoms with van der Waals surface area (Å²) in [5, 5.41) is 15.8. The summed E-state index contributed by atoms with van der Waals surface area (Å²) in [4.78, 5) is 28.4. The van der Waals surface area contributed by atoms with Crippen molar-refractivity contribution in [1.29, 1.82) is 0 Å². The van der Waals surface area contributed by atoms with Crippen molar-refractivity contribution < 1.29 is 33.0 Å². The third kappa shape index (κ3) is 6.73. The second-order valence-corrected chi connectivity index (χ2v) is 8.41. The number of nitrogens with zero attached hydrogens (tertiary/aromatic N) is 1. The third-order valence-electron chi connectivity index (χ3n) is 5.62. The number of carbonyl (C=O) groups excluding carboxylic acids is 2. The number of rotatable bonds is 10. The first-order chi connectivity index (χ1) is 18.3. The molecule has 4 rings (SSSR count). The Balaban J connectivity index is 1.28. The lowest BCUT2D eigenvalue weighted by molar-refractivity contribution is -0.118. The molecule has 10 heteroatoms. The number of carbonyl (C=O) groups is 2. The van der Waals surface area contributed by atoms with Crippen LogP contribution in [0.3, 0.4) is 0 Å². The summed E-state index contributed by atoms with van der Waals surface area (Å²) in [6.45, 7) is 0. The number of ether oxygens (including phenoxy) is 2. The minimum atomic E-state index is -0.684. The summed E-state index contributed by atoms with van der Waals surface area (Å²) in [6.07, 6.45) is 2.77. The molecule has 0 aliphatic rings. The van der Waals surface area contributed by atoms with Crippen molar-refractivity contribution in [2.45, 2.75) is 25.7 Å². The normalized spacial score (nSPS) is 10.7. The van der Waals surface area contributed by atoms with Crippen LogP contribution < -0.4 is 20.1 Å². The van der Waals surface area contributed by atoms with E-state index < -0.39 is 5.82 Å². The molecule has 0 aliphatic heterocycles. The molecule has 0 aliphatic carbocycles. The molecule has 196 valence electrons. The molecule has 0 saturated carbocycles. The lowest BCUT2D eigenvalue weighted by atomic mass is 10.1. The number of pyridine rings is 1. The van der Waals surface area contributed by atoms with Crippen molar-refractivity contribution in [2.24, 2.45) is 0 Å². The molecule has 0 radical (unpaired) electrons. The number of hydrogen-bond acceptors (Lipinski definition) is 6. The van der Waals surface area contributed by atoms with E-state index in [1.165, 1.54) is 55.8 Å². The van der Waals surface area contributed by atoms with Gasteiger partial charge in [0.15, 0.2) is 23.1 Å². The van der Waals surface area contributed by atoms with Gasteiger partial charge < -0.3 is 25.2 Å². The standard InChI is InChI=1S/C28H25F2N3O5/c1-37-26-15-20-22(16-23(26)34)31-13-12-24(20)38-25-11-10-19(14-21(25)30)33-28(36)5-3-2-4-27(35)32-18-8-6-17(29)7-9-18/h6-16,34H,2-5H2,1H3,(H,32,35)(H,33,36). The van der Waals surface area contributed by atoms with Gasteiger partial charge in [-0.15, -0.1) is 0 Å². The Labute approximate surface area is 217 Å². The zero-order chi connectivity index (χ0) is 27.1. The number of methoxy groups -OCH3 is 1. The third-order valence-corrected chi connectivity index (χ3v) is 5.62. The van der Waals surface area contributed by atoms with Gasteiger partial charge in [0, 0.05) is 47.9 Å². The molecule has 0 saturated heterocycles. The predicted octanol–water partition coefficient (Wildman–Crippen LogP) is 6.16. The van der Waals surface area contributed by atoms with Crippen LogP contribution in [0.1, 0.15) is 25.7 Å². The van der Waals surface area contributed by atoms with Crippen molar-refractivity contribution in [1.82, 2.24) is 4.98 Å². The summed E-state index contributed by atoms with van der Waals surface area (Å²) in [7, 11) is 1.41. The van der Waals surface area contributed by atoms with Crippen LogP contribution in [0.2, 0.25) is 0 Å². The highest BCUT2D eigenvalue weighted by molar-refractivity contribution is 5.92. The molecule has 2 amide bonds. The van der Waals surface area contributed by atoms with E-state index in [9.17, 15) is 23.5 Å². The monoisotopic (exact) mass is 521 g/mol. The van der Waals surface area contributed by atoms with Gasteiger partial charge in [-0.2, -0.15) is 0 Å².